The van der Waals surface area contributed by atoms with Gasteiger partial charge >= 0.3 is 0 Å². The molecule has 0 unspecified atom stereocenters. The largest absolute Gasteiger partial charge is 0.495 e. The van der Waals surface area contributed by atoms with Crippen molar-refractivity contribution in [3.8, 4) is 11.5 Å². The highest BCUT2D eigenvalue weighted by atomic mass is 16.5. The lowest BCUT2D eigenvalue weighted by molar-refractivity contribution is -0.119. The summed E-state index contributed by atoms with van der Waals surface area (Å²) < 4.78 is 10.5. The summed E-state index contributed by atoms with van der Waals surface area (Å²) >= 11 is 0. The van der Waals surface area contributed by atoms with Gasteiger partial charge in [0.15, 0.2) is 0 Å². The van der Waals surface area contributed by atoms with Gasteiger partial charge in [-0.05, 0) is 19.8 Å². The zero-order valence-corrected chi connectivity index (χ0v) is 9.74. The van der Waals surface area contributed by atoms with E-state index in [1.807, 2.05) is 0 Å². The van der Waals surface area contributed by atoms with E-state index in [2.05, 4.69) is 4.98 Å². The highest BCUT2D eigenvalue weighted by Crippen LogP contribution is 2.54. The quantitative estimate of drug-likeness (QED) is 0.776. The number of nitrogens with zero attached hydrogens (tertiary/aromatic N) is 1. The van der Waals surface area contributed by atoms with Gasteiger partial charge in [-0.3, -0.25) is 9.78 Å². The number of hydrogen-bond donors (Lipinski definition) is 0. The van der Waals surface area contributed by atoms with Gasteiger partial charge < -0.3 is 9.47 Å². The Morgan fingerprint density at radius 1 is 1.25 bits per heavy atom. The van der Waals surface area contributed by atoms with Crippen LogP contribution in [0.15, 0.2) is 12.4 Å². The van der Waals surface area contributed by atoms with Crippen molar-refractivity contribution in [1.82, 2.24) is 4.98 Å². The lowest BCUT2D eigenvalue weighted by atomic mass is 9.91. The fraction of sp³-hybridized carbons (Fsp3) is 0.500. The van der Waals surface area contributed by atoms with Crippen LogP contribution in [0.4, 0.5) is 0 Å². The summed E-state index contributed by atoms with van der Waals surface area (Å²) in [5.41, 5.74) is 0.444. The molecule has 0 atom stereocenters. The van der Waals surface area contributed by atoms with Gasteiger partial charge in [0.05, 0.1) is 37.6 Å². The van der Waals surface area contributed by atoms with E-state index < -0.39 is 5.41 Å². The van der Waals surface area contributed by atoms with Crippen LogP contribution in [0.2, 0.25) is 0 Å². The average Bonchev–Trinajstić information content (AvgIpc) is 3.09. The predicted molar refractivity (Wildman–Crippen MR) is 58.9 cm³/mol. The molecule has 4 nitrogen and oxygen atoms in total. The molecule has 0 spiro atoms. The van der Waals surface area contributed by atoms with Crippen LogP contribution in [-0.2, 0) is 10.2 Å². The predicted octanol–water partition coefficient (Wildman–Crippen LogP) is 1.72. The first kappa shape index (κ1) is 10.9. The van der Waals surface area contributed by atoms with E-state index in [4.69, 9.17) is 9.47 Å². The second-order valence-corrected chi connectivity index (χ2v) is 4.06. The molecule has 0 aromatic carbocycles. The smallest absolute Gasteiger partial charge is 0.145 e. The lowest BCUT2D eigenvalue weighted by Crippen LogP contribution is -2.19. The highest BCUT2D eigenvalue weighted by molar-refractivity contribution is 5.92. The lowest BCUT2D eigenvalue weighted by Gasteiger charge is -2.18. The second-order valence-electron chi connectivity index (χ2n) is 4.06. The van der Waals surface area contributed by atoms with E-state index >= 15 is 0 Å². The maximum atomic E-state index is 11.7. The molecule has 86 valence electrons. The SMILES string of the molecule is COc1cncc(OC)c1C1(C(C)=O)CC1. The van der Waals surface area contributed by atoms with Crippen LogP contribution in [0.1, 0.15) is 25.3 Å². The minimum atomic E-state index is -0.403. The molecule has 4 heteroatoms. The van der Waals surface area contributed by atoms with Gasteiger partial charge in [0.25, 0.3) is 0 Å². The third-order valence-electron chi connectivity index (χ3n) is 3.22. The summed E-state index contributed by atoms with van der Waals surface area (Å²) in [4.78, 5) is 15.8. The number of pyridine rings is 1. The molecule has 0 N–H and O–H groups in total. The van der Waals surface area contributed by atoms with E-state index in [0.29, 0.717) is 11.5 Å². The summed E-state index contributed by atoms with van der Waals surface area (Å²) in [6, 6.07) is 0. The summed E-state index contributed by atoms with van der Waals surface area (Å²) in [6.07, 6.45) is 4.97. The Balaban J connectivity index is 2.57. The van der Waals surface area contributed by atoms with Crippen molar-refractivity contribution in [3.63, 3.8) is 0 Å². The Labute approximate surface area is 94.6 Å². The molecule has 0 radical (unpaired) electrons. The minimum Gasteiger partial charge on any atom is -0.495 e. The number of carbonyl (C=O) groups excluding carboxylic acids is 1. The maximum Gasteiger partial charge on any atom is 0.145 e. The molecule has 1 heterocycles. The molecule has 1 fully saturated rings. The van der Waals surface area contributed by atoms with Crippen molar-refractivity contribution in [2.45, 2.75) is 25.2 Å². The van der Waals surface area contributed by atoms with Crippen LogP contribution in [0.5, 0.6) is 11.5 Å². The fourth-order valence-electron chi connectivity index (χ4n) is 2.11. The standard InChI is InChI=1S/C12H15NO3/c1-8(14)12(4-5-12)11-9(15-2)6-13-7-10(11)16-3/h6-7H,4-5H2,1-3H3. The van der Waals surface area contributed by atoms with E-state index in [1.54, 1.807) is 33.5 Å². The summed E-state index contributed by atoms with van der Waals surface area (Å²) in [6.45, 7) is 1.62. The van der Waals surface area contributed by atoms with Gasteiger partial charge in [-0.1, -0.05) is 0 Å². The van der Waals surface area contributed by atoms with Crippen molar-refractivity contribution in [2.75, 3.05) is 14.2 Å². The van der Waals surface area contributed by atoms with Gasteiger partial charge in [0.2, 0.25) is 0 Å². The molecule has 1 aromatic rings. The normalized spacial score (nSPS) is 16.7. The number of Topliss-reactive ketones (excluding diaryl/α,β-unsaturated/α-hetero) is 1. The minimum absolute atomic E-state index is 0.162. The van der Waals surface area contributed by atoms with Crippen molar-refractivity contribution >= 4 is 5.78 Å². The highest BCUT2D eigenvalue weighted by Gasteiger charge is 2.52. The number of methoxy groups -OCH3 is 2. The first-order valence-corrected chi connectivity index (χ1v) is 5.23. The van der Waals surface area contributed by atoms with E-state index in [-0.39, 0.29) is 5.78 Å². The molecule has 1 aliphatic rings. The first-order valence-electron chi connectivity index (χ1n) is 5.23. The number of hydrogen-bond acceptors (Lipinski definition) is 4. The van der Waals surface area contributed by atoms with Crippen molar-refractivity contribution in [1.29, 1.82) is 0 Å². The summed E-state index contributed by atoms with van der Waals surface area (Å²) in [5, 5.41) is 0. The van der Waals surface area contributed by atoms with Crippen LogP contribution in [-0.4, -0.2) is 25.0 Å². The number of ketones is 1. The van der Waals surface area contributed by atoms with Crippen LogP contribution in [0.3, 0.4) is 0 Å². The average molecular weight is 221 g/mol. The van der Waals surface area contributed by atoms with E-state index in [0.717, 1.165) is 18.4 Å². The Morgan fingerprint density at radius 3 is 2.06 bits per heavy atom. The summed E-state index contributed by atoms with van der Waals surface area (Å²) in [5.74, 6) is 1.43. The number of rotatable bonds is 4. The van der Waals surface area contributed by atoms with Gasteiger partial charge in [0, 0.05) is 0 Å². The zero-order chi connectivity index (χ0) is 11.8. The third-order valence-corrected chi connectivity index (χ3v) is 3.22. The number of ether oxygens (including phenoxy) is 2. The molecule has 0 amide bonds. The van der Waals surface area contributed by atoms with E-state index in [9.17, 15) is 4.79 Å². The van der Waals surface area contributed by atoms with Crippen LogP contribution >= 0.6 is 0 Å². The Bertz CT molecular complexity index is 402. The molecule has 2 rings (SSSR count). The van der Waals surface area contributed by atoms with E-state index in [1.165, 1.54) is 0 Å². The first-order chi connectivity index (χ1) is 7.65. The van der Waals surface area contributed by atoms with Gasteiger partial charge in [-0.2, -0.15) is 0 Å². The fourth-order valence-corrected chi connectivity index (χ4v) is 2.11. The van der Waals surface area contributed by atoms with Crippen molar-refractivity contribution < 1.29 is 14.3 Å². The van der Waals surface area contributed by atoms with Crippen LogP contribution < -0.4 is 9.47 Å². The molecular weight excluding hydrogens is 206 g/mol. The Hall–Kier alpha value is -1.58. The van der Waals surface area contributed by atoms with Crippen molar-refractivity contribution in [3.05, 3.63) is 18.0 Å². The third kappa shape index (κ3) is 1.45. The maximum absolute atomic E-state index is 11.7. The van der Waals surface area contributed by atoms with Crippen LogP contribution in [0, 0.1) is 0 Å². The molecule has 1 saturated carbocycles. The molecule has 16 heavy (non-hydrogen) atoms. The van der Waals surface area contributed by atoms with Crippen molar-refractivity contribution in [2.24, 2.45) is 0 Å². The topological polar surface area (TPSA) is 48.4 Å². The Kier molecular flexibility index (Phi) is 2.58. The molecule has 1 aromatic heterocycles. The van der Waals surface area contributed by atoms with Gasteiger partial charge in [-0.25, -0.2) is 0 Å². The van der Waals surface area contributed by atoms with Gasteiger partial charge in [-0.15, -0.1) is 0 Å². The molecule has 0 saturated heterocycles. The molecular formula is C12H15NO3. The zero-order valence-electron chi connectivity index (χ0n) is 9.74. The molecule has 0 bridgehead atoms. The second kappa shape index (κ2) is 3.77. The Morgan fingerprint density at radius 2 is 1.75 bits per heavy atom. The van der Waals surface area contributed by atoms with Crippen LogP contribution in [0.25, 0.3) is 0 Å². The molecule has 0 aliphatic heterocycles. The molecule has 1 aliphatic carbocycles. The van der Waals surface area contributed by atoms with Gasteiger partial charge in [0.1, 0.15) is 17.3 Å². The number of aromatic nitrogens is 1. The summed E-state index contributed by atoms with van der Waals surface area (Å²) in [7, 11) is 3.16. The monoisotopic (exact) mass is 221 g/mol. The number of carbonyl (C=O) groups is 1.